The molecule has 0 fully saturated rings. The monoisotopic (exact) mass is 424 g/mol. The topological polar surface area (TPSA) is 71.1 Å². The normalized spacial score (nSPS) is 12.6. The van der Waals surface area contributed by atoms with Crippen LogP contribution in [0, 0.1) is 0 Å². The second kappa shape index (κ2) is 9.03. The van der Waals surface area contributed by atoms with Gasteiger partial charge in [0.15, 0.2) is 6.61 Å². The molecule has 1 unspecified atom stereocenters. The van der Waals surface area contributed by atoms with Crippen molar-refractivity contribution in [1.29, 1.82) is 0 Å². The van der Waals surface area contributed by atoms with Crippen molar-refractivity contribution in [2.75, 3.05) is 20.8 Å². The van der Waals surface area contributed by atoms with Gasteiger partial charge in [-0.1, -0.05) is 29.3 Å². The molecule has 0 aliphatic carbocycles. The van der Waals surface area contributed by atoms with Crippen LogP contribution in [0.15, 0.2) is 35.7 Å². The van der Waals surface area contributed by atoms with Gasteiger partial charge in [-0.25, -0.2) is 4.79 Å². The second-order valence-corrected chi connectivity index (χ2v) is 8.73. The number of benzene rings is 1. The van der Waals surface area contributed by atoms with Gasteiger partial charge in [-0.3, -0.25) is 4.57 Å². The van der Waals surface area contributed by atoms with Crippen LogP contribution in [-0.4, -0.2) is 26.8 Å². The molecule has 0 N–H and O–H groups in total. The molecule has 10 heteroatoms. The molecule has 1 aromatic carbocycles. The summed E-state index contributed by atoms with van der Waals surface area (Å²) in [6, 6.07) is 8.00. The van der Waals surface area contributed by atoms with Crippen LogP contribution in [0.5, 0.6) is 5.75 Å². The molecular weight excluding hydrogens is 410 g/mol. The van der Waals surface area contributed by atoms with Gasteiger partial charge in [-0.05, 0) is 29.6 Å². The van der Waals surface area contributed by atoms with E-state index in [1.54, 1.807) is 23.6 Å². The summed E-state index contributed by atoms with van der Waals surface area (Å²) in [5, 5.41) is 2.46. The van der Waals surface area contributed by atoms with Gasteiger partial charge in [0.1, 0.15) is 5.75 Å². The van der Waals surface area contributed by atoms with Crippen molar-refractivity contribution < 1.29 is 27.9 Å². The highest BCUT2D eigenvalue weighted by atomic mass is 35.5. The molecule has 0 radical (unpaired) electrons. The molecule has 0 aliphatic heterocycles. The van der Waals surface area contributed by atoms with E-state index in [0.717, 1.165) is 0 Å². The zero-order valence-electron chi connectivity index (χ0n) is 13.3. The zero-order valence-corrected chi connectivity index (χ0v) is 16.5. The lowest BCUT2D eigenvalue weighted by Gasteiger charge is -2.23. The highest BCUT2D eigenvalue weighted by Gasteiger charge is 2.39. The number of rotatable bonds is 8. The van der Waals surface area contributed by atoms with Gasteiger partial charge in [0.05, 0.1) is 9.90 Å². The first-order valence-electron chi connectivity index (χ1n) is 6.91. The van der Waals surface area contributed by atoms with E-state index in [1.165, 1.54) is 37.7 Å². The Morgan fingerprint density at radius 3 is 2.52 bits per heavy atom. The predicted octanol–water partition coefficient (Wildman–Crippen LogP) is 5.16. The van der Waals surface area contributed by atoms with Crippen LogP contribution in [0.1, 0.15) is 10.7 Å². The number of ether oxygens (including phenoxy) is 2. The molecule has 0 bridgehead atoms. The van der Waals surface area contributed by atoms with E-state index in [0.29, 0.717) is 9.90 Å². The minimum absolute atomic E-state index is 0.259. The van der Waals surface area contributed by atoms with Gasteiger partial charge in [0.25, 0.3) is 0 Å². The average Bonchev–Trinajstić information content (AvgIpc) is 3.12. The number of carbonyl (C=O) groups is 1. The first-order chi connectivity index (χ1) is 11.9. The van der Waals surface area contributed by atoms with E-state index in [9.17, 15) is 9.36 Å². The van der Waals surface area contributed by atoms with Gasteiger partial charge in [0, 0.05) is 19.2 Å². The van der Waals surface area contributed by atoms with Crippen molar-refractivity contribution in [2.24, 2.45) is 0 Å². The second-order valence-electron chi connectivity index (χ2n) is 4.63. The number of halogens is 2. The number of esters is 1. The number of carbonyl (C=O) groups excluding carboxylic acids is 1. The fraction of sp³-hybridized carbons (Fsp3) is 0.267. The van der Waals surface area contributed by atoms with Crippen molar-refractivity contribution in [3.63, 3.8) is 0 Å². The molecule has 2 rings (SSSR count). The molecule has 0 amide bonds. The maximum Gasteiger partial charge on any atom is 0.375 e. The smallest absolute Gasteiger partial charge is 0.375 e. The molecule has 2 aromatic rings. The maximum atomic E-state index is 12.7. The van der Waals surface area contributed by atoms with Crippen molar-refractivity contribution in [3.8, 4) is 5.75 Å². The molecule has 0 aliphatic rings. The minimum atomic E-state index is -3.68. The van der Waals surface area contributed by atoms with E-state index in [2.05, 4.69) is 0 Å². The predicted molar refractivity (Wildman–Crippen MR) is 96.7 cm³/mol. The summed E-state index contributed by atoms with van der Waals surface area (Å²) in [5.41, 5.74) is 0. The Labute approximate surface area is 159 Å². The summed E-state index contributed by atoms with van der Waals surface area (Å²) in [6.07, 6.45) is 0. The number of hydrogen-bond donors (Lipinski definition) is 0. The summed E-state index contributed by atoms with van der Waals surface area (Å²) < 4.78 is 33.2. The van der Waals surface area contributed by atoms with Gasteiger partial charge < -0.3 is 18.5 Å². The standard InChI is InChI=1S/C15H15Cl2O6PS/c1-20-24(19,21-2)15(13-4-3-7-25-13)23-14(18)9-22-12-6-5-10(16)8-11(12)17/h3-8,15H,9H2,1-2H3. The SMILES string of the molecule is COP(=O)(OC)C(OC(=O)COc1ccc(Cl)cc1Cl)c1cccs1. The summed E-state index contributed by atoms with van der Waals surface area (Å²) in [4.78, 5) is 12.7. The molecule has 1 atom stereocenters. The van der Waals surface area contributed by atoms with Crippen LogP contribution < -0.4 is 4.74 Å². The van der Waals surface area contributed by atoms with E-state index >= 15 is 0 Å². The highest BCUT2D eigenvalue weighted by Crippen LogP contribution is 2.61. The van der Waals surface area contributed by atoms with Gasteiger partial charge in [0.2, 0.25) is 5.85 Å². The fourth-order valence-corrected chi connectivity index (χ4v) is 4.71. The lowest BCUT2D eigenvalue weighted by atomic mass is 10.3. The molecule has 0 spiro atoms. The van der Waals surface area contributed by atoms with Crippen molar-refractivity contribution in [1.82, 2.24) is 0 Å². The van der Waals surface area contributed by atoms with Crippen LogP contribution in [0.2, 0.25) is 10.0 Å². The largest absolute Gasteiger partial charge is 0.480 e. The van der Waals surface area contributed by atoms with Crippen LogP contribution in [0.25, 0.3) is 0 Å². The molecule has 0 saturated carbocycles. The van der Waals surface area contributed by atoms with E-state index in [-0.39, 0.29) is 10.8 Å². The van der Waals surface area contributed by atoms with Crippen molar-refractivity contribution >= 4 is 48.1 Å². The van der Waals surface area contributed by atoms with Crippen molar-refractivity contribution in [3.05, 3.63) is 50.6 Å². The van der Waals surface area contributed by atoms with Gasteiger partial charge in [-0.2, -0.15) is 0 Å². The third kappa shape index (κ3) is 5.20. The third-order valence-corrected chi connectivity index (χ3v) is 6.66. The van der Waals surface area contributed by atoms with Crippen LogP contribution in [0.3, 0.4) is 0 Å². The molecule has 6 nitrogen and oxygen atoms in total. The lowest BCUT2D eigenvalue weighted by Crippen LogP contribution is -2.19. The molecular formula is C15H15Cl2O6PS. The molecule has 1 aromatic heterocycles. The highest BCUT2D eigenvalue weighted by molar-refractivity contribution is 7.54. The number of hydrogen-bond acceptors (Lipinski definition) is 7. The third-order valence-electron chi connectivity index (χ3n) is 3.07. The van der Waals surface area contributed by atoms with Crippen LogP contribution >= 0.6 is 42.1 Å². The molecule has 136 valence electrons. The Balaban J connectivity index is 2.08. The molecule has 1 heterocycles. The molecule has 0 saturated heterocycles. The lowest BCUT2D eigenvalue weighted by molar-refractivity contribution is -0.148. The summed E-state index contributed by atoms with van der Waals surface area (Å²) >= 11 is 13.0. The average molecular weight is 425 g/mol. The summed E-state index contributed by atoms with van der Waals surface area (Å²) in [6.45, 7) is -0.434. The maximum absolute atomic E-state index is 12.7. The van der Waals surface area contributed by atoms with E-state index in [1.807, 2.05) is 0 Å². The van der Waals surface area contributed by atoms with E-state index < -0.39 is 26.0 Å². The first-order valence-corrected chi connectivity index (χ1v) is 10.2. The minimum Gasteiger partial charge on any atom is -0.480 e. The Morgan fingerprint density at radius 1 is 1.24 bits per heavy atom. The van der Waals surface area contributed by atoms with E-state index in [4.69, 9.17) is 41.7 Å². The number of thiophene rings is 1. The summed E-state index contributed by atoms with van der Waals surface area (Å²) in [5.74, 6) is -1.66. The Morgan fingerprint density at radius 2 is 1.96 bits per heavy atom. The Bertz CT molecular complexity index is 759. The van der Waals surface area contributed by atoms with Crippen LogP contribution in [-0.2, 0) is 23.1 Å². The Kier molecular flexibility index (Phi) is 7.31. The fourth-order valence-electron chi connectivity index (χ4n) is 1.86. The molecule has 25 heavy (non-hydrogen) atoms. The van der Waals surface area contributed by atoms with Gasteiger partial charge >= 0.3 is 13.6 Å². The first kappa shape index (κ1) is 20.2. The van der Waals surface area contributed by atoms with Gasteiger partial charge in [-0.15, -0.1) is 11.3 Å². The van der Waals surface area contributed by atoms with Crippen LogP contribution in [0.4, 0.5) is 0 Å². The quantitative estimate of drug-likeness (QED) is 0.430. The zero-order chi connectivity index (χ0) is 18.4. The Hall–Kier alpha value is -1.08. The van der Waals surface area contributed by atoms with Crippen molar-refractivity contribution in [2.45, 2.75) is 5.85 Å². The summed E-state index contributed by atoms with van der Waals surface area (Å²) in [7, 11) is -1.23.